The van der Waals surface area contributed by atoms with Gasteiger partial charge in [0.2, 0.25) is 0 Å². The van der Waals surface area contributed by atoms with Crippen LogP contribution in [0.3, 0.4) is 0 Å². The van der Waals surface area contributed by atoms with Crippen LogP contribution in [0.25, 0.3) is 0 Å². The maximum absolute atomic E-state index is 13.3. The fourth-order valence-electron chi connectivity index (χ4n) is 4.43. The summed E-state index contributed by atoms with van der Waals surface area (Å²) in [5.74, 6) is -0.768. The van der Waals surface area contributed by atoms with E-state index >= 15 is 0 Å². The molecule has 1 heterocycles. The summed E-state index contributed by atoms with van der Waals surface area (Å²) in [6, 6.07) is 20.3. The number of benzene rings is 2. The Bertz CT molecular complexity index is 783. The van der Waals surface area contributed by atoms with Crippen molar-refractivity contribution in [3.05, 3.63) is 71.8 Å². The van der Waals surface area contributed by atoms with Crippen molar-refractivity contribution >= 4 is 7.60 Å². The van der Waals surface area contributed by atoms with Gasteiger partial charge in [0.15, 0.2) is 5.79 Å². The Balaban J connectivity index is 1.61. The minimum Gasteiger partial charge on any atom is -0.339 e. The average molecular weight is 416 g/mol. The van der Waals surface area contributed by atoms with E-state index in [1.165, 1.54) is 0 Å². The van der Waals surface area contributed by atoms with Crippen LogP contribution in [-0.2, 0) is 23.1 Å². The lowest BCUT2D eigenvalue weighted by molar-refractivity contribution is -0.170. The van der Waals surface area contributed by atoms with Crippen molar-refractivity contribution in [2.24, 2.45) is 0 Å². The van der Waals surface area contributed by atoms with Crippen molar-refractivity contribution in [2.45, 2.75) is 56.8 Å². The summed E-state index contributed by atoms with van der Waals surface area (Å²) in [7, 11) is -3.19. The van der Waals surface area contributed by atoms with Crippen LogP contribution in [0.4, 0.5) is 0 Å². The molecule has 1 aliphatic carbocycles. The average Bonchev–Trinajstić information content (AvgIpc) is 3.34. The Kier molecular flexibility index (Phi) is 6.24. The summed E-state index contributed by atoms with van der Waals surface area (Å²) in [6.45, 7) is 4.41. The van der Waals surface area contributed by atoms with Gasteiger partial charge in [-0.3, -0.25) is 4.57 Å². The summed E-state index contributed by atoms with van der Waals surface area (Å²) < 4.78 is 37.7. The Labute approximate surface area is 172 Å². The number of hydrogen-bond acceptors (Lipinski definition) is 5. The van der Waals surface area contributed by atoms with Gasteiger partial charge in [-0.15, -0.1) is 0 Å². The first-order valence-electron chi connectivity index (χ1n) is 10.4. The topological polar surface area (TPSA) is 54.0 Å². The largest absolute Gasteiger partial charge is 0.339 e. The second-order valence-electron chi connectivity index (χ2n) is 7.58. The molecule has 0 aromatic heterocycles. The van der Waals surface area contributed by atoms with Gasteiger partial charge in [-0.25, -0.2) is 0 Å². The lowest BCUT2D eigenvalue weighted by Crippen LogP contribution is -2.27. The fraction of sp³-hybridized carbons (Fsp3) is 0.478. The van der Waals surface area contributed by atoms with Gasteiger partial charge >= 0.3 is 7.60 Å². The van der Waals surface area contributed by atoms with E-state index in [0.29, 0.717) is 32.5 Å². The van der Waals surface area contributed by atoms with E-state index in [-0.39, 0.29) is 17.9 Å². The molecule has 0 unspecified atom stereocenters. The number of rotatable bonds is 7. The minimum absolute atomic E-state index is 0.212. The maximum Gasteiger partial charge on any atom is 0.333 e. The smallest absolute Gasteiger partial charge is 0.333 e. The van der Waals surface area contributed by atoms with Gasteiger partial charge in [0.05, 0.1) is 18.9 Å². The van der Waals surface area contributed by atoms with Crippen LogP contribution in [0.2, 0.25) is 0 Å². The summed E-state index contributed by atoms with van der Waals surface area (Å²) in [5, 5.41) is 0. The van der Waals surface area contributed by atoms with Crippen LogP contribution in [0.15, 0.2) is 60.7 Å². The lowest BCUT2D eigenvalue weighted by atomic mass is 9.99. The quantitative estimate of drug-likeness (QED) is 0.516. The highest BCUT2D eigenvalue weighted by Gasteiger charge is 2.56. The van der Waals surface area contributed by atoms with E-state index < -0.39 is 13.4 Å². The minimum atomic E-state index is -3.19. The monoisotopic (exact) mass is 416 g/mol. The predicted octanol–water partition coefficient (Wildman–Crippen LogP) is 6.03. The van der Waals surface area contributed by atoms with Crippen LogP contribution in [0, 0.1) is 0 Å². The van der Waals surface area contributed by atoms with Gasteiger partial charge < -0.3 is 18.5 Å². The highest BCUT2D eigenvalue weighted by Crippen LogP contribution is 2.63. The molecule has 0 radical (unpaired) electrons. The van der Waals surface area contributed by atoms with Crippen molar-refractivity contribution in [1.82, 2.24) is 0 Å². The molecule has 2 fully saturated rings. The predicted molar refractivity (Wildman–Crippen MR) is 112 cm³/mol. The van der Waals surface area contributed by atoms with Crippen molar-refractivity contribution in [2.75, 3.05) is 13.2 Å². The molecule has 6 heteroatoms. The first kappa shape index (κ1) is 20.8. The van der Waals surface area contributed by atoms with Crippen LogP contribution in [0.1, 0.15) is 56.4 Å². The zero-order chi connectivity index (χ0) is 20.3. The Hall–Kier alpha value is -1.49. The van der Waals surface area contributed by atoms with Crippen molar-refractivity contribution in [3.63, 3.8) is 0 Å². The second-order valence-corrected chi connectivity index (χ2v) is 9.91. The molecular formula is C23H29O5P. The Morgan fingerprint density at radius 1 is 0.897 bits per heavy atom. The third-order valence-corrected chi connectivity index (χ3v) is 8.26. The fourth-order valence-corrected chi connectivity index (χ4v) is 6.59. The Morgan fingerprint density at radius 3 is 1.83 bits per heavy atom. The molecule has 0 N–H and O–H groups in total. The van der Waals surface area contributed by atoms with Gasteiger partial charge in [-0.05, 0) is 31.4 Å². The number of hydrogen-bond donors (Lipinski definition) is 0. The molecule has 4 rings (SSSR count). The standard InChI is InChI=1S/C23H29O5P/c1-3-25-29(24,26-4-2)20-15-16-23(17-20)27-21(18-11-7-5-8-12-18)22(28-23)19-13-9-6-10-14-19/h5-14,20-22H,3-4,15-17H2,1-2H3/t20-,21+,22+/m1/s1. The van der Waals surface area contributed by atoms with Crippen molar-refractivity contribution in [1.29, 1.82) is 0 Å². The summed E-state index contributed by atoms with van der Waals surface area (Å²) in [5.41, 5.74) is 1.95. The van der Waals surface area contributed by atoms with Gasteiger partial charge in [-0.1, -0.05) is 60.7 Å². The third-order valence-electron chi connectivity index (χ3n) is 5.69. The molecule has 2 aromatic rings. The Morgan fingerprint density at radius 2 is 1.38 bits per heavy atom. The zero-order valence-corrected chi connectivity index (χ0v) is 17.9. The normalized spacial score (nSPS) is 26.2. The van der Waals surface area contributed by atoms with Gasteiger partial charge in [0, 0.05) is 12.8 Å². The van der Waals surface area contributed by atoms with E-state index in [1.54, 1.807) is 0 Å². The molecule has 1 spiro atoms. The second kappa shape index (κ2) is 8.71. The number of ether oxygens (including phenoxy) is 2. The van der Waals surface area contributed by atoms with Crippen LogP contribution >= 0.6 is 7.60 Å². The summed E-state index contributed by atoms with van der Waals surface area (Å²) in [4.78, 5) is 0. The molecule has 3 atom stereocenters. The van der Waals surface area contributed by atoms with Gasteiger partial charge in [0.25, 0.3) is 0 Å². The molecule has 156 valence electrons. The van der Waals surface area contributed by atoms with Crippen LogP contribution in [0.5, 0.6) is 0 Å². The van der Waals surface area contributed by atoms with E-state index in [2.05, 4.69) is 24.3 Å². The van der Waals surface area contributed by atoms with E-state index in [0.717, 1.165) is 11.1 Å². The SMILES string of the molecule is CCOP(=O)(OCC)[C@@H]1CCC2(C1)O[C@@H](c1ccccc1)[C@H](c1ccccc1)O2. The van der Waals surface area contributed by atoms with Crippen molar-refractivity contribution in [3.8, 4) is 0 Å². The molecular weight excluding hydrogens is 387 g/mol. The van der Waals surface area contributed by atoms with Crippen LogP contribution < -0.4 is 0 Å². The van der Waals surface area contributed by atoms with Gasteiger partial charge in [-0.2, -0.15) is 0 Å². The third kappa shape index (κ3) is 4.21. The van der Waals surface area contributed by atoms with Crippen molar-refractivity contribution < 1.29 is 23.1 Å². The summed E-state index contributed by atoms with van der Waals surface area (Å²) >= 11 is 0. The molecule has 1 saturated heterocycles. The summed E-state index contributed by atoms with van der Waals surface area (Å²) in [6.07, 6.45) is 1.46. The van der Waals surface area contributed by atoms with Gasteiger partial charge in [0.1, 0.15) is 12.2 Å². The maximum atomic E-state index is 13.3. The molecule has 2 aliphatic rings. The van der Waals surface area contributed by atoms with E-state index in [4.69, 9.17) is 18.5 Å². The van der Waals surface area contributed by atoms with E-state index in [1.807, 2.05) is 50.2 Å². The highest BCUT2D eigenvalue weighted by atomic mass is 31.2. The lowest BCUT2D eigenvalue weighted by Gasteiger charge is -2.26. The first-order valence-corrected chi connectivity index (χ1v) is 12.0. The molecule has 29 heavy (non-hydrogen) atoms. The molecule has 1 saturated carbocycles. The van der Waals surface area contributed by atoms with E-state index in [9.17, 15) is 4.57 Å². The molecule has 0 bridgehead atoms. The zero-order valence-electron chi connectivity index (χ0n) is 17.0. The first-order chi connectivity index (χ1) is 14.1. The molecule has 0 amide bonds. The highest BCUT2D eigenvalue weighted by molar-refractivity contribution is 7.54. The molecule has 5 nitrogen and oxygen atoms in total. The molecule has 1 aliphatic heterocycles. The molecule has 2 aromatic carbocycles. The van der Waals surface area contributed by atoms with Crippen LogP contribution in [-0.4, -0.2) is 24.7 Å².